The van der Waals surface area contributed by atoms with Crippen molar-refractivity contribution in [3.8, 4) is 0 Å². The van der Waals surface area contributed by atoms with Crippen molar-refractivity contribution in [3.63, 3.8) is 0 Å². The molecule has 0 spiro atoms. The Morgan fingerprint density at radius 1 is 1.24 bits per heavy atom. The molecule has 1 heterocycles. The molecule has 0 saturated heterocycles. The van der Waals surface area contributed by atoms with E-state index in [4.69, 9.17) is 5.73 Å². The number of nitrogens with zero attached hydrogens (tertiary/aromatic N) is 2. The fraction of sp³-hybridized carbons (Fsp3) is 0.600. The van der Waals surface area contributed by atoms with E-state index in [-0.39, 0.29) is 11.7 Å². The van der Waals surface area contributed by atoms with Crippen LogP contribution in [0.15, 0.2) is 0 Å². The first-order valence-corrected chi connectivity index (χ1v) is 8.19. The predicted molar refractivity (Wildman–Crippen MR) is 76.5 cm³/mol. The molecule has 1 atom stereocenters. The van der Waals surface area contributed by atoms with Crippen molar-refractivity contribution in [1.29, 1.82) is 0 Å². The summed E-state index contributed by atoms with van der Waals surface area (Å²) in [5, 5.41) is -0.737. The summed E-state index contributed by atoms with van der Waals surface area (Å²) in [4.78, 5) is 8.38. The van der Waals surface area contributed by atoms with Gasteiger partial charge in [-0.3, -0.25) is 0 Å². The second-order valence-electron chi connectivity index (χ2n) is 4.29. The lowest BCUT2D eigenvalue weighted by Gasteiger charge is -2.14. The van der Waals surface area contributed by atoms with Crippen molar-refractivity contribution in [2.75, 3.05) is 12.0 Å². The molecule has 0 aliphatic carbocycles. The molecule has 0 amide bonds. The molecule has 0 aliphatic heterocycles. The van der Waals surface area contributed by atoms with Crippen LogP contribution in [0.4, 0.5) is 5.82 Å². The van der Waals surface area contributed by atoms with Crippen LogP contribution in [0.1, 0.15) is 43.5 Å². The second-order valence-corrected chi connectivity index (χ2v) is 7.74. The van der Waals surface area contributed by atoms with E-state index in [1.165, 1.54) is 6.26 Å². The number of nitrogens with two attached hydrogens (primary N) is 1. The number of aromatic nitrogens is 2. The predicted octanol–water partition coefficient (Wildman–Crippen LogP) is 1.89. The molecule has 0 fully saturated rings. The lowest BCUT2D eigenvalue weighted by Crippen LogP contribution is -2.15. The Bertz CT molecular complexity index is 529. The molecular formula is C10H16IN3O2S. The first-order chi connectivity index (χ1) is 7.64. The van der Waals surface area contributed by atoms with Crippen LogP contribution >= 0.6 is 22.6 Å². The van der Waals surface area contributed by atoms with E-state index in [9.17, 15) is 8.42 Å². The number of hydrogen-bond donors (Lipinski definition) is 1. The van der Waals surface area contributed by atoms with Gasteiger partial charge in [0.2, 0.25) is 0 Å². The Morgan fingerprint density at radius 3 is 2.18 bits per heavy atom. The zero-order valence-electron chi connectivity index (χ0n) is 10.2. The lowest BCUT2D eigenvalue weighted by molar-refractivity contribution is 0.588. The van der Waals surface area contributed by atoms with Crippen molar-refractivity contribution < 1.29 is 8.42 Å². The second kappa shape index (κ2) is 5.05. The van der Waals surface area contributed by atoms with Crippen molar-refractivity contribution in [1.82, 2.24) is 9.97 Å². The summed E-state index contributed by atoms with van der Waals surface area (Å²) in [6.45, 7) is 5.54. The summed E-state index contributed by atoms with van der Waals surface area (Å²) in [5.74, 6) is 0.793. The summed E-state index contributed by atoms with van der Waals surface area (Å²) in [6, 6.07) is 0. The molecule has 17 heavy (non-hydrogen) atoms. The number of rotatable bonds is 3. The van der Waals surface area contributed by atoms with Crippen LogP contribution in [0.5, 0.6) is 0 Å². The molecule has 0 bridgehead atoms. The van der Waals surface area contributed by atoms with E-state index in [1.807, 2.05) is 13.8 Å². The smallest absolute Gasteiger partial charge is 0.157 e. The van der Waals surface area contributed by atoms with E-state index in [0.717, 1.165) is 9.26 Å². The molecule has 96 valence electrons. The van der Waals surface area contributed by atoms with Gasteiger partial charge in [-0.25, -0.2) is 18.4 Å². The first-order valence-electron chi connectivity index (χ1n) is 5.16. The highest BCUT2D eigenvalue weighted by Crippen LogP contribution is 2.26. The Hall–Kier alpha value is -0.440. The molecule has 2 N–H and O–H groups in total. The van der Waals surface area contributed by atoms with Gasteiger partial charge in [-0.15, -0.1) is 0 Å². The van der Waals surface area contributed by atoms with Crippen molar-refractivity contribution in [2.24, 2.45) is 0 Å². The van der Waals surface area contributed by atoms with Gasteiger partial charge in [0.15, 0.2) is 9.84 Å². The standard InChI is InChI=1S/C10H16IN3O2S/c1-5(2)8-7(11)9(12)14-10(13-8)6(3)17(4,15)16/h5-6H,1-4H3,(H2,12,13,14). The van der Waals surface area contributed by atoms with Crippen LogP contribution < -0.4 is 5.73 Å². The highest BCUT2D eigenvalue weighted by atomic mass is 127. The van der Waals surface area contributed by atoms with Crippen LogP contribution in [0.3, 0.4) is 0 Å². The summed E-state index contributed by atoms with van der Waals surface area (Å²) in [6.07, 6.45) is 1.17. The maximum atomic E-state index is 11.5. The zero-order valence-corrected chi connectivity index (χ0v) is 13.2. The van der Waals surface area contributed by atoms with Crippen LogP contribution in [0.2, 0.25) is 0 Å². The number of sulfone groups is 1. The third kappa shape index (κ3) is 3.27. The van der Waals surface area contributed by atoms with Crippen molar-refractivity contribution >= 4 is 38.2 Å². The quantitative estimate of drug-likeness (QED) is 0.823. The Morgan fingerprint density at radius 2 is 1.76 bits per heavy atom. The molecule has 0 aliphatic rings. The van der Waals surface area contributed by atoms with Crippen LogP contribution in [-0.2, 0) is 9.84 Å². The van der Waals surface area contributed by atoms with Gasteiger partial charge in [0, 0.05) is 6.26 Å². The van der Waals surface area contributed by atoms with Gasteiger partial charge >= 0.3 is 0 Å². The minimum absolute atomic E-state index is 0.178. The topological polar surface area (TPSA) is 85.9 Å². The summed E-state index contributed by atoms with van der Waals surface area (Å²) in [5.41, 5.74) is 6.58. The molecule has 7 heteroatoms. The highest BCUT2D eigenvalue weighted by molar-refractivity contribution is 14.1. The fourth-order valence-corrected chi connectivity index (χ4v) is 2.61. The molecule has 1 aromatic rings. The number of anilines is 1. The number of nitrogen functional groups attached to an aromatic ring is 1. The van der Waals surface area contributed by atoms with E-state index in [0.29, 0.717) is 5.82 Å². The zero-order chi connectivity index (χ0) is 13.4. The molecule has 0 aromatic carbocycles. The molecular weight excluding hydrogens is 353 g/mol. The molecule has 1 aromatic heterocycles. The average molecular weight is 369 g/mol. The molecule has 0 radical (unpaired) electrons. The van der Waals surface area contributed by atoms with E-state index in [2.05, 4.69) is 32.6 Å². The Labute approximate surface area is 115 Å². The first kappa shape index (κ1) is 14.6. The van der Waals surface area contributed by atoms with Gasteiger partial charge in [0.25, 0.3) is 0 Å². The van der Waals surface area contributed by atoms with Crippen LogP contribution in [-0.4, -0.2) is 24.6 Å². The van der Waals surface area contributed by atoms with E-state index >= 15 is 0 Å². The largest absolute Gasteiger partial charge is 0.383 e. The van der Waals surface area contributed by atoms with Crippen molar-refractivity contribution in [3.05, 3.63) is 15.1 Å². The van der Waals surface area contributed by atoms with Gasteiger partial charge in [-0.2, -0.15) is 0 Å². The van der Waals surface area contributed by atoms with Gasteiger partial charge in [0.05, 0.1) is 9.26 Å². The summed E-state index contributed by atoms with van der Waals surface area (Å²) >= 11 is 2.08. The highest BCUT2D eigenvalue weighted by Gasteiger charge is 2.23. The third-order valence-electron chi connectivity index (χ3n) is 2.47. The fourth-order valence-electron chi connectivity index (χ4n) is 1.26. The van der Waals surface area contributed by atoms with E-state index < -0.39 is 15.1 Å². The minimum Gasteiger partial charge on any atom is -0.383 e. The maximum absolute atomic E-state index is 11.5. The van der Waals surface area contributed by atoms with Gasteiger partial charge < -0.3 is 5.73 Å². The number of hydrogen-bond acceptors (Lipinski definition) is 5. The van der Waals surface area contributed by atoms with Crippen LogP contribution in [0, 0.1) is 3.57 Å². The maximum Gasteiger partial charge on any atom is 0.157 e. The normalized spacial score (nSPS) is 14.0. The monoisotopic (exact) mass is 369 g/mol. The summed E-state index contributed by atoms with van der Waals surface area (Å²) in [7, 11) is -3.21. The lowest BCUT2D eigenvalue weighted by atomic mass is 10.1. The third-order valence-corrected chi connectivity index (χ3v) is 5.07. The number of halogens is 1. The van der Waals surface area contributed by atoms with Gasteiger partial charge in [-0.05, 0) is 35.4 Å². The Balaban J connectivity index is 3.39. The average Bonchev–Trinajstić information content (AvgIpc) is 2.19. The SMILES string of the molecule is CC(C)c1nc(C(C)S(C)(=O)=O)nc(N)c1I. The van der Waals surface area contributed by atoms with Crippen molar-refractivity contribution in [2.45, 2.75) is 31.9 Å². The Kier molecular flexibility index (Phi) is 4.34. The van der Waals surface area contributed by atoms with Crippen LogP contribution in [0.25, 0.3) is 0 Å². The molecule has 0 saturated carbocycles. The van der Waals surface area contributed by atoms with Gasteiger partial charge in [0.1, 0.15) is 16.9 Å². The molecule has 1 rings (SSSR count). The molecule has 1 unspecified atom stereocenters. The minimum atomic E-state index is -3.21. The molecule has 5 nitrogen and oxygen atoms in total. The van der Waals surface area contributed by atoms with E-state index in [1.54, 1.807) is 6.92 Å². The summed E-state index contributed by atoms with van der Waals surface area (Å²) < 4.78 is 23.8. The van der Waals surface area contributed by atoms with Gasteiger partial charge in [-0.1, -0.05) is 13.8 Å².